The number of amides is 3. The first-order valence-corrected chi connectivity index (χ1v) is 10.5. The number of hydrogen-bond acceptors (Lipinski definition) is 5. The molecule has 1 aromatic rings. The lowest BCUT2D eigenvalue weighted by atomic mass is 9.74. The number of nitrogens with zero attached hydrogens (tertiary/aromatic N) is 1. The molecule has 0 aromatic heterocycles. The molecule has 0 aliphatic carbocycles. The van der Waals surface area contributed by atoms with Crippen LogP contribution in [0.4, 0.5) is 0 Å². The summed E-state index contributed by atoms with van der Waals surface area (Å²) in [5.74, 6) is -0.190. The second-order valence-electron chi connectivity index (χ2n) is 9.12. The molecule has 2 fully saturated rings. The largest absolute Gasteiger partial charge is 0.322 e. The van der Waals surface area contributed by atoms with Crippen LogP contribution in [0, 0.1) is 11.3 Å². The number of carbonyl (C=O) groups is 3. The second kappa shape index (κ2) is 7.88. The predicted octanol–water partition coefficient (Wildman–Crippen LogP) is 1.17. The molecule has 29 heavy (non-hydrogen) atoms. The molecule has 0 radical (unpaired) electrons. The molecule has 1 aromatic carbocycles. The standard InChI is InChI=1S/C22H30N4O3/c1-22(2)8-9-23-11-16(22)12-24-10-14-4-3-5-15-13-26(21(29)19(14)15)17-6-7-18(27)25-20(17)28/h3-5,16-17,23-24H,6-13H2,1-2H3,(H,25,27,28). The Morgan fingerprint density at radius 1 is 1.24 bits per heavy atom. The lowest BCUT2D eigenvalue weighted by molar-refractivity contribution is -0.136. The van der Waals surface area contributed by atoms with Crippen LogP contribution in [0.25, 0.3) is 0 Å². The van der Waals surface area contributed by atoms with Crippen LogP contribution in [-0.2, 0) is 22.7 Å². The average Bonchev–Trinajstić information content (AvgIpc) is 3.00. The van der Waals surface area contributed by atoms with Crippen molar-refractivity contribution in [2.45, 2.75) is 52.2 Å². The van der Waals surface area contributed by atoms with Gasteiger partial charge in [0.1, 0.15) is 6.04 Å². The van der Waals surface area contributed by atoms with Gasteiger partial charge in [0.25, 0.3) is 5.91 Å². The predicted molar refractivity (Wildman–Crippen MR) is 109 cm³/mol. The first-order valence-electron chi connectivity index (χ1n) is 10.5. The Hall–Kier alpha value is -2.25. The van der Waals surface area contributed by atoms with Gasteiger partial charge in [-0.3, -0.25) is 19.7 Å². The first kappa shape index (κ1) is 20.0. The average molecular weight is 399 g/mol. The van der Waals surface area contributed by atoms with Crippen molar-refractivity contribution in [1.29, 1.82) is 0 Å². The van der Waals surface area contributed by atoms with Crippen LogP contribution in [0.2, 0.25) is 0 Å². The molecule has 0 bridgehead atoms. The Kier molecular flexibility index (Phi) is 5.44. The Morgan fingerprint density at radius 3 is 2.83 bits per heavy atom. The maximum Gasteiger partial charge on any atom is 0.255 e. The normalized spacial score (nSPS) is 26.4. The van der Waals surface area contributed by atoms with Gasteiger partial charge in [-0.25, -0.2) is 0 Å². The summed E-state index contributed by atoms with van der Waals surface area (Å²) in [4.78, 5) is 38.4. The summed E-state index contributed by atoms with van der Waals surface area (Å²) in [6.45, 7) is 8.67. The van der Waals surface area contributed by atoms with E-state index in [-0.39, 0.29) is 24.1 Å². The monoisotopic (exact) mass is 398 g/mol. The lowest BCUT2D eigenvalue weighted by Crippen LogP contribution is -2.52. The number of fused-ring (bicyclic) bond motifs is 1. The highest BCUT2D eigenvalue weighted by molar-refractivity contribution is 6.05. The van der Waals surface area contributed by atoms with E-state index < -0.39 is 6.04 Å². The quantitative estimate of drug-likeness (QED) is 0.648. The number of imide groups is 1. The topological polar surface area (TPSA) is 90.5 Å². The third kappa shape index (κ3) is 3.94. The number of carbonyl (C=O) groups excluding carboxylic acids is 3. The molecule has 3 aliphatic rings. The molecule has 4 rings (SSSR count). The lowest BCUT2D eigenvalue weighted by Gasteiger charge is -2.39. The molecule has 0 saturated carbocycles. The van der Waals surface area contributed by atoms with Crippen molar-refractivity contribution in [2.75, 3.05) is 19.6 Å². The molecule has 3 heterocycles. The smallest absolute Gasteiger partial charge is 0.255 e. The number of benzene rings is 1. The maximum absolute atomic E-state index is 13.1. The van der Waals surface area contributed by atoms with E-state index in [1.165, 1.54) is 6.42 Å². The van der Waals surface area contributed by atoms with E-state index in [1.54, 1.807) is 4.90 Å². The highest BCUT2D eigenvalue weighted by atomic mass is 16.2. The summed E-state index contributed by atoms with van der Waals surface area (Å²) in [5.41, 5.74) is 2.95. The van der Waals surface area contributed by atoms with Crippen LogP contribution < -0.4 is 16.0 Å². The van der Waals surface area contributed by atoms with Gasteiger partial charge in [0, 0.05) is 25.1 Å². The van der Waals surface area contributed by atoms with Gasteiger partial charge in [0.05, 0.1) is 0 Å². The van der Waals surface area contributed by atoms with Crippen molar-refractivity contribution in [3.63, 3.8) is 0 Å². The van der Waals surface area contributed by atoms with Gasteiger partial charge in [-0.15, -0.1) is 0 Å². The van der Waals surface area contributed by atoms with Crippen molar-refractivity contribution < 1.29 is 14.4 Å². The summed E-state index contributed by atoms with van der Waals surface area (Å²) in [7, 11) is 0. The molecule has 2 saturated heterocycles. The summed E-state index contributed by atoms with van der Waals surface area (Å²) >= 11 is 0. The van der Waals surface area contributed by atoms with Gasteiger partial charge in [-0.05, 0) is 54.9 Å². The SMILES string of the molecule is CC1(C)CCNCC1CNCc1cccc2c1C(=O)N(C1CCC(=O)NC1=O)C2. The van der Waals surface area contributed by atoms with Crippen molar-refractivity contribution >= 4 is 17.7 Å². The highest BCUT2D eigenvalue weighted by Crippen LogP contribution is 2.33. The molecular formula is C22H30N4O3. The number of rotatable bonds is 5. The Bertz CT molecular complexity index is 835. The van der Waals surface area contributed by atoms with Gasteiger partial charge < -0.3 is 15.5 Å². The molecule has 3 amide bonds. The van der Waals surface area contributed by atoms with E-state index in [0.717, 1.165) is 30.8 Å². The van der Waals surface area contributed by atoms with Gasteiger partial charge in [0.2, 0.25) is 11.8 Å². The van der Waals surface area contributed by atoms with Gasteiger partial charge in [0.15, 0.2) is 0 Å². The first-order chi connectivity index (χ1) is 13.9. The Balaban J connectivity index is 1.43. The third-order valence-electron chi connectivity index (χ3n) is 6.79. The summed E-state index contributed by atoms with van der Waals surface area (Å²) in [5, 5.41) is 9.38. The molecule has 2 atom stereocenters. The molecule has 3 aliphatic heterocycles. The van der Waals surface area contributed by atoms with E-state index in [4.69, 9.17) is 0 Å². The zero-order valence-electron chi connectivity index (χ0n) is 17.2. The van der Waals surface area contributed by atoms with Crippen LogP contribution in [0.1, 0.15) is 54.6 Å². The number of piperidine rings is 2. The van der Waals surface area contributed by atoms with Crippen LogP contribution in [-0.4, -0.2) is 48.3 Å². The Labute approximate surface area is 171 Å². The van der Waals surface area contributed by atoms with Crippen LogP contribution in [0.5, 0.6) is 0 Å². The van der Waals surface area contributed by atoms with Crippen LogP contribution in [0.15, 0.2) is 18.2 Å². The summed E-state index contributed by atoms with van der Waals surface area (Å²) in [6.07, 6.45) is 1.83. The van der Waals surface area contributed by atoms with Crippen molar-refractivity contribution in [1.82, 2.24) is 20.9 Å². The third-order valence-corrected chi connectivity index (χ3v) is 6.79. The molecule has 7 nitrogen and oxygen atoms in total. The van der Waals surface area contributed by atoms with Crippen LogP contribution in [0.3, 0.4) is 0 Å². The zero-order valence-corrected chi connectivity index (χ0v) is 17.2. The molecule has 156 valence electrons. The van der Waals surface area contributed by atoms with Gasteiger partial charge in [-0.2, -0.15) is 0 Å². The van der Waals surface area contributed by atoms with Gasteiger partial charge >= 0.3 is 0 Å². The van der Waals surface area contributed by atoms with E-state index >= 15 is 0 Å². The second-order valence-corrected chi connectivity index (χ2v) is 9.12. The Morgan fingerprint density at radius 2 is 2.07 bits per heavy atom. The van der Waals surface area contributed by atoms with E-state index in [2.05, 4.69) is 29.8 Å². The molecular weight excluding hydrogens is 368 g/mol. The molecule has 7 heteroatoms. The van der Waals surface area contributed by atoms with E-state index in [0.29, 0.717) is 36.4 Å². The van der Waals surface area contributed by atoms with Crippen molar-refractivity contribution in [2.24, 2.45) is 11.3 Å². The van der Waals surface area contributed by atoms with Gasteiger partial charge in [-0.1, -0.05) is 32.0 Å². The number of nitrogens with one attached hydrogen (secondary N) is 3. The van der Waals surface area contributed by atoms with Crippen molar-refractivity contribution in [3.8, 4) is 0 Å². The minimum atomic E-state index is -0.567. The zero-order chi connectivity index (χ0) is 20.6. The molecule has 2 unspecified atom stereocenters. The fraction of sp³-hybridized carbons (Fsp3) is 0.591. The van der Waals surface area contributed by atoms with Crippen LogP contribution >= 0.6 is 0 Å². The highest BCUT2D eigenvalue weighted by Gasteiger charge is 2.40. The molecule has 3 N–H and O–H groups in total. The van der Waals surface area contributed by atoms with E-state index in [1.807, 2.05) is 18.2 Å². The minimum absolute atomic E-state index is 0.105. The summed E-state index contributed by atoms with van der Waals surface area (Å²) < 4.78 is 0. The fourth-order valence-corrected chi connectivity index (χ4v) is 4.73. The van der Waals surface area contributed by atoms with Crippen molar-refractivity contribution in [3.05, 3.63) is 34.9 Å². The minimum Gasteiger partial charge on any atom is -0.322 e. The maximum atomic E-state index is 13.1. The molecule has 0 spiro atoms. The van der Waals surface area contributed by atoms with E-state index in [9.17, 15) is 14.4 Å². The summed E-state index contributed by atoms with van der Waals surface area (Å²) in [6, 6.07) is 5.35. The fourth-order valence-electron chi connectivity index (χ4n) is 4.73. The number of hydrogen-bond donors (Lipinski definition) is 3.